The molecule has 1 fully saturated rings. The number of nitrogens with zero attached hydrogens (tertiary/aromatic N) is 3. The molecule has 0 radical (unpaired) electrons. The smallest absolute Gasteiger partial charge is 0.387 e. The fraction of sp³-hybridized carbons (Fsp3) is 0.333. The Bertz CT molecular complexity index is 1130. The summed E-state index contributed by atoms with van der Waals surface area (Å²) >= 11 is 0. The molecule has 2 aliphatic rings. The van der Waals surface area contributed by atoms with Crippen molar-refractivity contribution in [3.05, 3.63) is 71.3 Å². The summed E-state index contributed by atoms with van der Waals surface area (Å²) in [5.41, 5.74) is -0.328. The van der Waals surface area contributed by atoms with Crippen molar-refractivity contribution in [2.24, 2.45) is 5.16 Å². The summed E-state index contributed by atoms with van der Waals surface area (Å²) in [6.45, 7) is 0.205. The number of carbonyl (C=O) groups excluding carboxylic acids is 3. The summed E-state index contributed by atoms with van der Waals surface area (Å²) in [4.78, 5) is 45.7. The minimum Gasteiger partial charge on any atom is -0.387 e. The monoisotopic (exact) mass is 488 g/mol. The van der Waals surface area contributed by atoms with Gasteiger partial charge in [-0.15, -0.1) is 0 Å². The highest BCUT2D eigenvalue weighted by atomic mass is 19.4. The van der Waals surface area contributed by atoms with Crippen LogP contribution in [0, 0.1) is 0 Å². The molecule has 3 amide bonds. The van der Waals surface area contributed by atoms with Crippen LogP contribution in [0.1, 0.15) is 34.0 Å². The summed E-state index contributed by atoms with van der Waals surface area (Å²) in [7, 11) is 0. The van der Waals surface area contributed by atoms with Crippen LogP contribution in [-0.4, -0.2) is 66.0 Å². The van der Waals surface area contributed by atoms with Crippen LogP contribution < -0.4 is 5.32 Å². The molecule has 1 atom stereocenters. The van der Waals surface area contributed by atoms with Crippen molar-refractivity contribution in [2.75, 3.05) is 32.7 Å². The van der Waals surface area contributed by atoms with E-state index in [1.54, 1.807) is 0 Å². The van der Waals surface area contributed by atoms with Crippen LogP contribution in [0.15, 0.2) is 59.8 Å². The average molecular weight is 488 g/mol. The Morgan fingerprint density at radius 2 is 1.57 bits per heavy atom. The molecule has 0 aliphatic carbocycles. The predicted octanol–water partition coefficient (Wildman–Crippen LogP) is 2.62. The second kappa shape index (κ2) is 10.2. The number of halogens is 3. The molecule has 1 saturated heterocycles. The maximum Gasteiger partial charge on any atom is 0.417 e. The zero-order valence-electron chi connectivity index (χ0n) is 18.6. The van der Waals surface area contributed by atoms with Crippen molar-refractivity contribution in [1.82, 2.24) is 15.1 Å². The molecular formula is C24H23F3N4O4. The molecule has 2 aliphatic heterocycles. The van der Waals surface area contributed by atoms with Gasteiger partial charge in [-0.3, -0.25) is 14.4 Å². The van der Waals surface area contributed by atoms with Crippen molar-refractivity contribution >= 4 is 23.4 Å². The third-order valence-electron chi connectivity index (χ3n) is 5.88. The molecule has 0 spiro atoms. The molecule has 1 N–H and O–H groups in total. The van der Waals surface area contributed by atoms with Crippen molar-refractivity contribution in [1.29, 1.82) is 0 Å². The van der Waals surface area contributed by atoms with Crippen LogP contribution in [0.25, 0.3) is 0 Å². The molecule has 4 rings (SSSR count). The number of hydrogen-bond donors (Lipinski definition) is 1. The van der Waals surface area contributed by atoms with Gasteiger partial charge in [0.2, 0.25) is 5.91 Å². The molecule has 0 saturated carbocycles. The highest BCUT2D eigenvalue weighted by Crippen LogP contribution is 2.32. The van der Waals surface area contributed by atoms with Crippen molar-refractivity contribution in [3.63, 3.8) is 0 Å². The largest absolute Gasteiger partial charge is 0.417 e. The van der Waals surface area contributed by atoms with E-state index in [4.69, 9.17) is 4.84 Å². The van der Waals surface area contributed by atoms with Crippen LogP contribution in [0.2, 0.25) is 0 Å². The minimum atomic E-state index is -4.64. The first-order valence-corrected chi connectivity index (χ1v) is 11.0. The number of hydrogen-bond acceptors (Lipinski definition) is 5. The topological polar surface area (TPSA) is 91.3 Å². The number of amides is 3. The third-order valence-corrected chi connectivity index (χ3v) is 5.88. The van der Waals surface area contributed by atoms with E-state index in [-0.39, 0.29) is 56.9 Å². The van der Waals surface area contributed by atoms with Crippen LogP contribution in [0.5, 0.6) is 0 Å². The van der Waals surface area contributed by atoms with E-state index in [0.29, 0.717) is 0 Å². The fourth-order valence-corrected chi connectivity index (χ4v) is 3.97. The van der Waals surface area contributed by atoms with Crippen molar-refractivity contribution in [3.8, 4) is 0 Å². The van der Waals surface area contributed by atoms with Gasteiger partial charge in [-0.25, -0.2) is 0 Å². The lowest BCUT2D eigenvalue weighted by Crippen LogP contribution is -2.53. The number of alkyl halides is 3. The highest BCUT2D eigenvalue weighted by Gasteiger charge is 2.36. The Hall–Kier alpha value is -3.89. The lowest BCUT2D eigenvalue weighted by Gasteiger charge is -2.35. The zero-order valence-corrected chi connectivity index (χ0v) is 18.6. The van der Waals surface area contributed by atoms with Gasteiger partial charge in [0, 0.05) is 32.6 Å². The van der Waals surface area contributed by atoms with Crippen LogP contribution in [0.3, 0.4) is 0 Å². The Morgan fingerprint density at radius 3 is 2.26 bits per heavy atom. The maximum atomic E-state index is 13.2. The van der Waals surface area contributed by atoms with Crippen molar-refractivity contribution in [2.45, 2.75) is 18.7 Å². The summed E-state index contributed by atoms with van der Waals surface area (Å²) in [5, 5.41) is 6.35. The molecule has 2 heterocycles. The molecule has 0 bridgehead atoms. The van der Waals surface area contributed by atoms with E-state index in [2.05, 4.69) is 10.5 Å². The van der Waals surface area contributed by atoms with Gasteiger partial charge in [0.05, 0.1) is 17.7 Å². The Labute approximate surface area is 199 Å². The summed E-state index contributed by atoms with van der Waals surface area (Å²) in [6.07, 6.45) is -4.72. The maximum absolute atomic E-state index is 13.2. The lowest BCUT2D eigenvalue weighted by molar-refractivity contribution is -0.138. The van der Waals surface area contributed by atoms with Gasteiger partial charge in [-0.1, -0.05) is 47.6 Å². The zero-order chi connectivity index (χ0) is 25.0. The lowest BCUT2D eigenvalue weighted by atomic mass is 10.0. The molecule has 1 unspecified atom stereocenters. The first-order chi connectivity index (χ1) is 16.7. The van der Waals surface area contributed by atoms with E-state index >= 15 is 0 Å². The van der Waals surface area contributed by atoms with Crippen LogP contribution in [0.4, 0.5) is 13.2 Å². The first kappa shape index (κ1) is 24.2. The Balaban J connectivity index is 1.25. The van der Waals surface area contributed by atoms with E-state index in [1.807, 2.05) is 30.3 Å². The molecular weight excluding hydrogens is 465 g/mol. The van der Waals surface area contributed by atoms with Gasteiger partial charge in [0.15, 0.2) is 6.10 Å². The van der Waals surface area contributed by atoms with Gasteiger partial charge in [0.25, 0.3) is 11.8 Å². The number of nitrogens with one attached hydrogen (secondary N) is 1. The molecule has 35 heavy (non-hydrogen) atoms. The SMILES string of the molecule is O=C(NCC(=O)N1CCN(C(=O)c2ccccc2C(F)(F)F)CC1)C1=NOC(c2ccccc2)C1. The first-order valence-electron chi connectivity index (χ1n) is 11.0. The molecule has 11 heteroatoms. The summed E-state index contributed by atoms with van der Waals surface area (Å²) in [5.74, 6) is -1.60. The number of rotatable bonds is 5. The van der Waals surface area contributed by atoms with Gasteiger partial charge >= 0.3 is 6.18 Å². The third kappa shape index (κ3) is 5.61. The van der Waals surface area contributed by atoms with E-state index in [9.17, 15) is 27.6 Å². The second-order valence-corrected chi connectivity index (χ2v) is 8.15. The van der Waals surface area contributed by atoms with E-state index in [1.165, 1.54) is 21.9 Å². The van der Waals surface area contributed by atoms with Crippen LogP contribution >= 0.6 is 0 Å². The van der Waals surface area contributed by atoms with Crippen molar-refractivity contribution < 1.29 is 32.4 Å². The molecule has 2 aromatic carbocycles. The predicted molar refractivity (Wildman–Crippen MR) is 119 cm³/mol. The van der Waals surface area contributed by atoms with Crippen LogP contribution in [-0.2, 0) is 20.6 Å². The van der Waals surface area contributed by atoms with Gasteiger partial charge in [-0.05, 0) is 17.7 Å². The van der Waals surface area contributed by atoms with E-state index < -0.39 is 29.1 Å². The number of carbonyl (C=O) groups is 3. The average Bonchev–Trinajstić information content (AvgIpc) is 3.37. The molecule has 2 aromatic rings. The Morgan fingerprint density at radius 1 is 0.943 bits per heavy atom. The molecule has 8 nitrogen and oxygen atoms in total. The van der Waals surface area contributed by atoms with Gasteiger partial charge < -0.3 is 20.0 Å². The van der Waals surface area contributed by atoms with Gasteiger partial charge in [-0.2, -0.15) is 13.2 Å². The fourth-order valence-electron chi connectivity index (χ4n) is 3.97. The quantitative estimate of drug-likeness (QED) is 0.701. The molecule has 184 valence electrons. The number of benzene rings is 2. The Kier molecular flexibility index (Phi) is 7.04. The minimum absolute atomic E-state index is 0.0873. The number of piperazine rings is 1. The number of oxime groups is 1. The molecule has 0 aromatic heterocycles. The second-order valence-electron chi connectivity index (χ2n) is 8.15. The summed E-state index contributed by atoms with van der Waals surface area (Å²) in [6, 6.07) is 14.0. The van der Waals surface area contributed by atoms with Gasteiger partial charge in [0.1, 0.15) is 5.71 Å². The standard InChI is InChI=1S/C24H23F3N4O4/c25-24(26,27)18-9-5-4-8-17(18)23(34)31-12-10-30(11-13-31)21(32)15-28-22(33)19-14-20(35-29-19)16-6-2-1-3-7-16/h1-9,20H,10-15H2,(H,28,33). The summed E-state index contributed by atoms with van der Waals surface area (Å²) < 4.78 is 39.7. The van der Waals surface area contributed by atoms with E-state index in [0.717, 1.165) is 17.7 Å². The normalized spacial score (nSPS) is 18.0. The highest BCUT2D eigenvalue weighted by molar-refractivity contribution is 6.39.